The van der Waals surface area contributed by atoms with E-state index in [-0.39, 0.29) is 6.42 Å². The zero-order valence-corrected chi connectivity index (χ0v) is 10.6. The number of alkyl halides is 1. The summed E-state index contributed by atoms with van der Waals surface area (Å²) in [5.41, 5.74) is 2.17. The van der Waals surface area contributed by atoms with E-state index < -0.39 is 6.17 Å². The molecule has 3 nitrogen and oxygen atoms in total. The summed E-state index contributed by atoms with van der Waals surface area (Å²) in [7, 11) is 1.50. The topological polar surface area (TPSA) is 39.2 Å². The number of hydrogen-bond donors (Lipinski definition) is 0. The van der Waals surface area contributed by atoms with Crippen LogP contribution in [0.2, 0.25) is 0 Å². The summed E-state index contributed by atoms with van der Waals surface area (Å²) in [6.07, 6.45) is 6.10. The molecule has 0 aromatic carbocycles. The summed E-state index contributed by atoms with van der Waals surface area (Å²) >= 11 is 0. The maximum atomic E-state index is 14.3. The van der Waals surface area contributed by atoms with Crippen LogP contribution in [0.25, 0.3) is 5.57 Å². The van der Waals surface area contributed by atoms with Crippen LogP contribution >= 0.6 is 0 Å². The van der Waals surface area contributed by atoms with Crippen LogP contribution in [-0.4, -0.2) is 24.6 Å². The first-order valence-electron chi connectivity index (χ1n) is 5.85. The van der Waals surface area contributed by atoms with Crippen LogP contribution in [0, 0.1) is 0 Å². The molecule has 1 aromatic heterocycles. The van der Waals surface area contributed by atoms with Gasteiger partial charge in [-0.05, 0) is 22.8 Å². The minimum atomic E-state index is -1.19. The van der Waals surface area contributed by atoms with Crippen LogP contribution in [0.3, 0.4) is 0 Å². The van der Waals surface area contributed by atoms with Crippen molar-refractivity contribution in [1.29, 1.82) is 0 Å². The number of aromatic nitrogens is 1. The molecular weight excluding hydrogens is 245 g/mol. The van der Waals surface area contributed by atoms with E-state index in [0.717, 1.165) is 5.57 Å². The predicted octanol–water partition coefficient (Wildman–Crippen LogP) is 3.11. The lowest BCUT2D eigenvalue weighted by Gasteiger charge is -2.20. The lowest BCUT2D eigenvalue weighted by molar-refractivity contribution is 0.112. The molecule has 0 radical (unpaired) electrons. The molecule has 0 aliphatic heterocycles. The molecule has 1 aliphatic rings. The van der Waals surface area contributed by atoms with E-state index in [4.69, 9.17) is 4.74 Å². The van der Waals surface area contributed by atoms with E-state index in [1.54, 1.807) is 24.4 Å². The van der Waals surface area contributed by atoms with Gasteiger partial charge in [-0.25, -0.2) is 4.39 Å². The van der Waals surface area contributed by atoms with Gasteiger partial charge in [-0.2, -0.15) is 0 Å². The van der Waals surface area contributed by atoms with Gasteiger partial charge < -0.3 is 4.74 Å². The van der Waals surface area contributed by atoms with Crippen molar-refractivity contribution in [2.45, 2.75) is 12.6 Å². The third kappa shape index (κ3) is 2.62. The molecule has 1 unspecified atom stereocenters. The normalized spacial score (nSPS) is 18.3. The maximum Gasteiger partial charge on any atom is 0.152 e. The van der Waals surface area contributed by atoms with Crippen molar-refractivity contribution in [3.8, 4) is 0 Å². The molecule has 1 aromatic rings. The van der Waals surface area contributed by atoms with E-state index in [9.17, 15) is 9.18 Å². The van der Waals surface area contributed by atoms with Crippen molar-refractivity contribution in [2.75, 3.05) is 7.11 Å². The second-order valence-corrected chi connectivity index (χ2v) is 4.19. The molecule has 0 saturated carbocycles. The fraction of sp³-hybridized carbons (Fsp3) is 0.200. The molecular formula is C15H14FNO2. The Bertz CT molecular complexity index is 575. The number of pyridine rings is 1. The number of ether oxygens (including phenoxy) is 1. The van der Waals surface area contributed by atoms with Gasteiger partial charge in [-0.3, -0.25) is 9.78 Å². The van der Waals surface area contributed by atoms with Gasteiger partial charge in [-0.15, -0.1) is 0 Å². The van der Waals surface area contributed by atoms with Gasteiger partial charge in [0.25, 0.3) is 0 Å². The first-order valence-corrected chi connectivity index (χ1v) is 5.85. The fourth-order valence-electron chi connectivity index (χ4n) is 2.03. The molecule has 0 saturated heterocycles. The van der Waals surface area contributed by atoms with Gasteiger partial charge in [0.2, 0.25) is 0 Å². The molecule has 0 amide bonds. The molecule has 0 bridgehead atoms. The van der Waals surface area contributed by atoms with E-state index in [2.05, 4.69) is 11.6 Å². The van der Waals surface area contributed by atoms with Crippen LogP contribution in [0.4, 0.5) is 4.39 Å². The molecule has 0 N–H and O–H groups in total. The third-order valence-electron chi connectivity index (χ3n) is 3.10. The highest BCUT2D eigenvalue weighted by Crippen LogP contribution is 2.33. The largest absolute Gasteiger partial charge is 0.497 e. The number of nitrogens with zero attached hydrogens (tertiary/aromatic N) is 1. The first kappa shape index (κ1) is 13.2. The van der Waals surface area contributed by atoms with E-state index in [0.29, 0.717) is 28.7 Å². The van der Waals surface area contributed by atoms with Gasteiger partial charge in [0.15, 0.2) is 6.29 Å². The smallest absolute Gasteiger partial charge is 0.152 e. The molecule has 0 fully saturated rings. The van der Waals surface area contributed by atoms with Gasteiger partial charge in [0.1, 0.15) is 11.9 Å². The SMILES string of the molecule is C=C(OC)C1=CC=C(c2ccncc2C=O)C(F)C1. The monoisotopic (exact) mass is 259 g/mol. The Morgan fingerprint density at radius 2 is 2.37 bits per heavy atom. The van der Waals surface area contributed by atoms with E-state index in [1.807, 2.05) is 0 Å². The molecule has 98 valence electrons. The first-order chi connectivity index (χ1) is 9.17. The van der Waals surface area contributed by atoms with Gasteiger partial charge in [-0.1, -0.05) is 18.7 Å². The van der Waals surface area contributed by atoms with Gasteiger partial charge in [0.05, 0.1) is 7.11 Å². The van der Waals surface area contributed by atoms with Crippen molar-refractivity contribution in [1.82, 2.24) is 4.98 Å². The highest BCUT2D eigenvalue weighted by molar-refractivity contribution is 5.87. The Morgan fingerprint density at radius 1 is 1.58 bits per heavy atom. The number of allylic oxidation sites excluding steroid dienone is 4. The molecule has 19 heavy (non-hydrogen) atoms. The highest BCUT2D eigenvalue weighted by Gasteiger charge is 2.23. The quantitative estimate of drug-likeness (QED) is 0.616. The molecule has 1 atom stereocenters. The Morgan fingerprint density at radius 3 is 3.00 bits per heavy atom. The van der Waals surface area contributed by atoms with Crippen LogP contribution in [-0.2, 0) is 4.74 Å². The average Bonchev–Trinajstić information content (AvgIpc) is 2.46. The van der Waals surface area contributed by atoms with Crippen LogP contribution in [0.1, 0.15) is 22.3 Å². The number of rotatable bonds is 4. The Labute approximate surface area is 111 Å². The second-order valence-electron chi connectivity index (χ2n) is 4.19. The Balaban J connectivity index is 2.40. The summed E-state index contributed by atoms with van der Waals surface area (Å²) in [5.74, 6) is 0.461. The molecule has 1 aliphatic carbocycles. The van der Waals surface area contributed by atoms with Crippen molar-refractivity contribution in [2.24, 2.45) is 0 Å². The third-order valence-corrected chi connectivity index (χ3v) is 3.10. The standard InChI is InChI=1S/C15H14FNO2/c1-10(19-2)11-3-4-14(15(16)7-11)13-5-6-17-8-12(13)9-18/h3-6,8-9,15H,1,7H2,2H3. The predicted molar refractivity (Wildman–Crippen MR) is 71.3 cm³/mol. The van der Waals surface area contributed by atoms with Crippen LogP contribution in [0.15, 0.2) is 48.5 Å². The highest BCUT2D eigenvalue weighted by atomic mass is 19.1. The Hall–Kier alpha value is -2.23. The second kappa shape index (κ2) is 5.61. The number of carbonyl (C=O) groups is 1. The summed E-state index contributed by atoms with van der Waals surface area (Å²) in [6.45, 7) is 3.71. The average molecular weight is 259 g/mol. The molecule has 4 heteroatoms. The van der Waals surface area contributed by atoms with Crippen molar-refractivity contribution in [3.05, 3.63) is 59.7 Å². The molecule has 0 spiro atoms. The summed E-state index contributed by atoms with van der Waals surface area (Å²) < 4.78 is 19.3. The van der Waals surface area contributed by atoms with Gasteiger partial charge >= 0.3 is 0 Å². The number of carbonyl (C=O) groups excluding carboxylic acids is 1. The maximum absolute atomic E-state index is 14.3. The number of hydrogen-bond acceptors (Lipinski definition) is 3. The van der Waals surface area contributed by atoms with Crippen LogP contribution in [0.5, 0.6) is 0 Å². The van der Waals surface area contributed by atoms with Crippen molar-refractivity contribution >= 4 is 11.9 Å². The minimum absolute atomic E-state index is 0.194. The zero-order chi connectivity index (χ0) is 13.8. The van der Waals surface area contributed by atoms with E-state index >= 15 is 0 Å². The lowest BCUT2D eigenvalue weighted by Crippen LogP contribution is -2.12. The number of halogens is 1. The van der Waals surface area contributed by atoms with Crippen molar-refractivity contribution in [3.63, 3.8) is 0 Å². The Kier molecular flexibility index (Phi) is 3.90. The summed E-state index contributed by atoms with van der Waals surface area (Å²) in [4.78, 5) is 14.8. The lowest BCUT2D eigenvalue weighted by atomic mass is 9.89. The van der Waals surface area contributed by atoms with Gasteiger partial charge in [0, 0.05) is 24.4 Å². The molecule has 2 rings (SSSR count). The van der Waals surface area contributed by atoms with Crippen LogP contribution < -0.4 is 0 Å². The van der Waals surface area contributed by atoms with Crippen molar-refractivity contribution < 1.29 is 13.9 Å². The number of aldehydes is 1. The summed E-state index contributed by atoms with van der Waals surface area (Å²) in [6, 6.07) is 1.64. The minimum Gasteiger partial charge on any atom is -0.497 e. The number of methoxy groups -OCH3 is 1. The van der Waals surface area contributed by atoms with E-state index in [1.165, 1.54) is 13.3 Å². The summed E-state index contributed by atoms with van der Waals surface area (Å²) in [5, 5.41) is 0. The molecule has 1 heterocycles. The fourth-order valence-corrected chi connectivity index (χ4v) is 2.03. The zero-order valence-electron chi connectivity index (χ0n) is 10.6.